The first-order valence-corrected chi connectivity index (χ1v) is 5.18. The SMILES string of the molecule is O=C(OCC(F)=C(F)F)C(=O)N1CCCCC1. The third-order valence-electron chi connectivity index (χ3n) is 2.35. The lowest BCUT2D eigenvalue weighted by atomic mass is 10.1. The Bertz CT molecular complexity index is 334. The van der Waals surface area contributed by atoms with Crippen LogP contribution in [0.5, 0.6) is 0 Å². The molecule has 0 atom stereocenters. The van der Waals surface area contributed by atoms with Gasteiger partial charge in [0.15, 0.2) is 0 Å². The number of esters is 1. The van der Waals surface area contributed by atoms with Gasteiger partial charge in [-0.2, -0.15) is 8.78 Å². The first-order valence-electron chi connectivity index (χ1n) is 5.18. The molecule has 0 aliphatic carbocycles. The Hall–Kier alpha value is -1.53. The molecule has 0 unspecified atom stereocenters. The van der Waals surface area contributed by atoms with Crippen LogP contribution in [0.3, 0.4) is 0 Å². The summed E-state index contributed by atoms with van der Waals surface area (Å²) in [5, 5.41) is 0. The van der Waals surface area contributed by atoms with E-state index >= 15 is 0 Å². The number of hydrogen-bond acceptors (Lipinski definition) is 3. The van der Waals surface area contributed by atoms with Crippen LogP contribution in [0.25, 0.3) is 0 Å². The summed E-state index contributed by atoms with van der Waals surface area (Å²) in [6.07, 6.45) is -0.00888. The van der Waals surface area contributed by atoms with Gasteiger partial charge in [-0.3, -0.25) is 4.79 Å². The molecule has 7 heteroatoms. The quantitative estimate of drug-likeness (QED) is 0.553. The van der Waals surface area contributed by atoms with Gasteiger partial charge in [-0.25, -0.2) is 9.18 Å². The van der Waals surface area contributed by atoms with Gasteiger partial charge in [0.2, 0.25) is 5.83 Å². The van der Waals surface area contributed by atoms with E-state index in [2.05, 4.69) is 4.74 Å². The van der Waals surface area contributed by atoms with Gasteiger partial charge in [0.05, 0.1) is 0 Å². The molecule has 1 heterocycles. The summed E-state index contributed by atoms with van der Waals surface area (Å²) in [6.45, 7) is -0.339. The summed E-state index contributed by atoms with van der Waals surface area (Å²) in [6, 6.07) is 0. The molecule has 0 N–H and O–H groups in total. The summed E-state index contributed by atoms with van der Waals surface area (Å²) in [5.74, 6) is -4.05. The van der Waals surface area contributed by atoms with E-state index in [-0.39, 0.29) is 0 Å². The molecule has 0 aromatic rings. The lowest BCUT2D eigenvalue weighted by Gasteiger charge is -2.25. The molecule has 0 bridgehead atoms. The van der Waals surface area contributed by atoms with Crippen molar-refractivity contribution in [2.45, 2.75) is 19.3 Å². The zero-order chi connectivity index (χ0) is 12.8. The minimum atomic E-state index is -2.55. The number of carbonyl (C=O) groups excluding carboxylic acids is 2. The Morgan fingerprint density at radius 3 is 2.18 bits per heavy atom. The van der Waals surface area contributed by atoms with Crippen LogP contribution in [0.4, 0.5) is 13.2 Å². The molecule has 96 valence electrons. The second kappa shape index (κ2) is 6.27. The van der Waals surface area contributed by atoms with Gasteiger partial charge >= 0.3 is 18.0 Å². The van der Waals surface area contributed by atoms with Gasteiger partial charge in [-0.05, 0) is 19.3 Å². The number of carbonyl (C=O) groups is 2. The fourth-order valence-electron chi connectivity index (χ4n) is 1.47. The molecule has 1 aliphatic heterocycles. The van der Waals surface area contributed by atoms with E-state index in [4.69, 9.17) is 0 Å². The fourth-order valence-corrected chi connectivity index (χ4v) is 1.47. The van der Waals surface area contributed by atoms with Gasteiger partial charge in [0.1, 0.15) is 6.61 Å². The summed E-state index contributed by atoms with van der Waals surface area (Å²) in [5.41, 5.74) is 0. The Morgan fingerprint density at radius 2 is 1.65 bits per heavy atom. The third-order valence-corrected chi connectivity index (χ3v) is 2.35. The highest BCUT2D eigenvalue weighted by molar-refractivity contribution is 6.32. The van der Waals surface area contributed by atoms with E-state index in [0.717, 1.165) is 19.3 Å². The monoisotopic (exact) mass is 251 g/mol. The van der Waals surface area contributed by atoms with E-state index in [9.17, 15) is 22.8 Å². The number of hydrogen-bond donors (Lipinski definition) is 0. The topological polar surface area (TPSA) is 46.6 Å². The van der Waals surface area contributed by atoms with Crippen molar-refractivity contribution in [2.75, 3.05) is 19.7 Å². The molecular weight excluding hydrogens is 239 g/mol. The number of halogens is 3. The Morgan fingerprint density at radius 1 is 1.06 bits per heavy atom. The number of ether oxygens (including phenoxy) is 1. The van der Waals surface area contributed by atoms with Crippen molar-refractivity contribution in [3.63, 3.8) is 0 Å². The minimum absolute atomic E-state index is 0.434. The van der Waals surface area contributed by atoms with Crippen molar-refractivity contribution in [3.05, 3.63) is 11.9 Å². The Kier molecular flexibility index (Phi) is 4.99. The molecule has 1 fully saturated rings. The Balaban J connectivity index is 2.41. The molecule has 0 spiro atoms. The van der Waals surface area contributed by atoms with Crippen LogP contribution in [0.1, 0.15) is 19.3 Å². The van der Waals surface area contributed by atoms with Crippen molar-refractivity contribution >= 4 is 11.9 Å². The van der Waals surface area contributed by atoms with Gasteiger partial charge in [-0.1, -0.05) is 0 Å². The largest absolute Gasteiger partial charge is 0.451 e. The molecule has 1 aliphatic rings. The molecule has 4 nitrogen and oxygen atoms in total. The lowest BCUT2D eigenvalue weighted by molar-refractivity contribution is -0.160. The minimum Gasteiger partial charge on any atom is -0.451 e. The van der Waals surface area contributed by atoms with E-state index in [1.807, 2.05) is 0 Å². The Labute approximate surface area is 96.0 Å². The van der Waals surface area contributed by atoms with Crippen LogP contribution in [0.2, 0.25) is 0 Å². The van der Waals surface area contributed by atoms with Gasteiger partial charge < -0.3 is 9.64 Å². The van der Waals surface area contributed by atoms with E-state index in [1.165, 1.54) is 4.90 Å². The average Bonchev–Trinajstić information content (AvgIpc) is 2.35. The van der Waals surface area contributed by atoms with Crippen molar-refractivity contribution in [3.8, 4) is 0 Å². The number of nitrogens with zero attached hydrogens (tertiary/aromatic N) is 1. The maximum Gasteiger partial charge on any atom is 0.397 e. The fraction of sp³-hybridized carbons (Fsp3) is 0.600. The molecule has 0 aromatic heterocycles. The molecule has 0 radical (unpaired) electrons. The average molecular weight is 251 g/mol. The van der Waals surface area contributed by atoms with E-state index < -0.39 is 30.4 Å². The standard InChI is InChI=1S/C10H12F3NO3/c11-7(8(12)13)6-17-10(16)9(15)14-4-2-1-3-5-14/h1-6H2. The molecule has 1 rings (SSSR count). The summed E-state index contributed by atoms with van der Waals surface area (Å²) in [7, 11) is 0. The highest BCUT2D eigenvalue weighted by Crippen LogP contribution is 2.11. The molecule has 1 saturated heterocycles. The zero-order valence-electron chi connectivity index (χ0n) is 9.05. The van der Waals surface area contributed by atoms with Crippen LogP contribution in [-0.2, 0) is 14.3 Å². The smallest absolute Gasteiger partial charge is 0.397 e. The van der Waals surface area contributed by atoms with Crippen LogP contribution in [0.15, 0.2) is 11.9 Å². The summed E-state index contributed by atoms with van der Waals surface area (Å²) < 4.78 is 39.8. The summed E-state index contributed by atoms with van der Waals surface area (Å²) in [4.78, 5) is 23.8. The number of amides is 1. The predicted octanol–water partition coefficient (Wildman–Crippen LogP) is 1.62. The highest BCUT2D eigenvalue weighted by atomic mass is 19.3. The normalized spacial score (nSPS) is 15.4. The van der Waals surface area contributed by atoms with E-state index in [1.54, 1.807) is 0 Å². The number of piperidine rings is 1. The first kappa shape index (κ1) is 13.5. The number of rotatable bonds is 2. The van der Waals surface area contributed by atoms with Crippen LogP contribution >= 0.6 is 0 Å². The lowest BCUT2D eigenvalue weighted by Crippen LogP contribution is -2.40. The third kappa shape index (κ3) is 4.08. The second-order valence-corrected chi connectivity index (χ2v) is 3.59. The van der Waals surface area contributed by atoms with Gasteiger partial charge in [0, 0.05) is 13.1 Å². The van der Waals surface area contributed by atoms with Crippen LogP contribution in [0, 0.1) is 0 Å². The molecule has 17 heavy (non-hydrogen) atoms. The van der Waals surface area contributed by atoms with Crippen molar-refractivity contribution in [1.29, 1.82) is 0 Å². The maximum atomic E-state index is 12.3. The first-order chi connectivity index (χ1) is 8.02. The molecule has 0 saturated carbocycles. The van der Waals surface area contributed by atoms with E-state index in [0.29, 0.717) is 13.1 Å². The second-order valence-electron chi connectivity index (χ2n) is 3.59. The summed E-state index contributed by atoms with van der Waals surface area (Å²) >= 11 is 0. The molecular formula is C10H12F3NO3. The highest BCUT2D eigenvalue weighted by Gasteiger charge is 2.25. The van der Waals surface area contributed by atoms with Gasteiger partial charge in [0.25, 0.3) is 0 Å². The van der Waals surface area contributed by atoms with Crippen molar-refractivity contribution in [1.82, 2.24) is 4.90 Å². The van der Waals surface area contributed by atoms with Gasteiger partial charge in [-0.15, -0.1) is 0 Å². The molecule has 1 amide bonds. The zero-order valence-corrected chi connectivity index (χ0v) is 9.05. The van der Waals surface area contributed by atoms with Crippen molar-refractivity contribution in [2.24, 2.45) is 0 Å². The molecule has 0 aromatic carbocycles. The van der Waals surface area contributed by atoms with Crippen LogP contribution in [-0.4, -0.2) is 36.5 Å². The predicted molar refractivity (Wildman–Crippen MR) is 51.7 cm³/mol. The maximum absolute atomic E-state index is 12.3. The van der Waals surface area contributed by atoms with Crippen molar-refractivity contribution < 1.29 is 27.5 Å². The number of likely N-dealkylation sites (tertiary alicyclic amines) is 1. The van der Waals surface area contributed by atoms with Crippen LogP contribution < -0.4 is 0 Å².